The molecule has 3 atom stereocenters. The van der Waals surface area contributed by atoms with E-state index in [0.29, 0.717) is 11.1 Å². The maximum absolute atomic E-state index is 13.7. The van der Waals surface area contributed by atoms with E-state index < -0.39 is 22.2 Å². The Kier molecular flexibility index (Phi) is 8.21. The van der Waals surface area contributed by atoms with Gasteiger partial charge in [-0.15, -0.1) is 0 Å². The number of ether oxygens (including phenoxy) is 1. The summed E-state index contributed by atoms with van der Waals surface area (Å²) in [6.45, 7) is 3.66. The topological polar surface area (TPSA) is 113 Å². The van der Waals surface area contributed by atoms with Crippen LogP contribution in [-0.4, -0.2) is 77.5 Å². The summed E-state index contributed by atoms with van der Waals surface area (Å²) in [7, 11) is -2.23. The summed E-state index contributed by atoms with van der Waals surface area (Å²) in [5.74, 6) is -0.141. The number of carbonyl (C=O) groups excluding carboxylic acids is 1. The second-order valence-electron chi connectivity index (χ2n) is 9.47. The lowest BCUT2D eigenvalue weighted by Crippen LogP contribution is -2.50. The highest BCUT2D eigenvalue weighted by Crippen LogP contribution is 2.36. The fourth-order valence-corrected chi connectivity index (χ4v) is 6.17. The van der Waals surface area contributed by atoms with Crippen LogP contribution in [0.3, 0.4) is 0 Å². The van der Waals surface area contributed by atoms with Crippen molar-refractivity contribution in [2.24, 2.45) is 5.92 Å². The highest BCUT2D eigenvalue weighted by atomic mass is 32.2. The minimum absolute atomic E-state index is 0.0172. The van der Waals surface area contributed by atoms with Gasteiger partial charge in [-0.25, -0.2) is 18.4 Å². The van der Waals surface area contributed by atoms with E-state index in [1.807, 2.05) is 37.3 Å². The predicted molar refractivity (Wildman–Crippen MR) is 139 cm³/mol. The molecule has 37 heavy (non-hydrogen) atoms. The largest absolute Gasteiger partial charge is 0.487 e. The third kappa shape index (κ3) is 5.98. The summed E-state index contributed by atoms with van der Waals surface area (Å²) < 4.78 is 35.0. The van der Waals surface area contributed by atoms with Gasteiger partial charge in [-0.1, -0.05) is 43.3 Å². The van der Waals surface area contributed by atoms with E-state index in [0.717, 1.165) is 5.56 Å². The van der Waals surface area contributed by atoms with Crippen molar-refractivity contribution in [3.8, 4) is 16.9 Å². The van der Waals surface area contributed by atoms with Gasteiger partial charge in [-0.3, -0.25) is 4.79 Å². The number of likely N-dealkylation sites (N-methyl/N-ethyl adjacent to an activating group) is 1. The number of nitrogens with zero attached hydrogens (tertiary/aromatic N) is 4. The molecule has 1 N–H and O–H groups in total. The molecule has 9 nitrogen and oxygen atoms in total. The Labute approximate surface area is 217 Å². The van der Waals surface area contributed by atoms with Gasteiger partial charge in [0.2, 0.25) is 15.9 Å². The van der Waals surface area contributed by atoms with Crippen molar-refractivity contribution in [2.45, 2.75) is 37.3 Å². The Bertz CT molecular complexity index is 1320. The zero-order valence-corrected chi connectivity index (χ0v) is 22.0. The molecule has 196 valence electrons. The fraction of sp³-hybridized carbons (Fsp3) is 0.370. The Morgan fingerprint density at radius 2 is 1.86 bits per heavy atom. The summed E-state index contributed by atoms with van der Waals surface area (Å²) in [6.07, 6.45) is 4.47. The van der Waals surface area contributed by atoms with Crippen LogP contribution in [0, 0.1) is 5.92 Å². The number of benzene rings is 2. The molecular weight excluding hydrogens is 492 g/mol. The molecule has 1 amide bonds. The number of amides is 1. The molecule has 0 radical (unpaired) electrons. The molecule has 0 saturated carbocycles. The monoisotopic (exact) mass is 524 g/mol. The molecule has 4 rings (SSSR count). The summed E-state index contributed by atoms with van der Waals surface area (Å²) in [5, 5.41) is 9.83. The molecule has 0 unspecified atom stereocenters. The maximum Gasteiger partial charge on any atom is 0.247 e. The van der Waals surface area contributed by atoms with Gasteiger partial charge in [0.05, 0.1) is 19.6 Å². The summed E-state index contributed by atoms with van der Waals surface area (Å²) in [6, 6.07) is 13.8. The zero-order chi connectivity index (χ0) is 26.6. The number of rotatable bonds is 7. The van der Waals surface area contributed by atoms with Crippen LogP contribution in [0.2, 0.25) is 0 Å². The van der Waals surface area contributed by atoms with Crippen molar-refractivity contribution < 1.29 is 23.1 Å². The number of carbonyl (C=O) groups is 1. The molecule has 2 aromatic carbocycles. The van der Waals surface area contributed by atoms with Gasteiger partial charge in [0, 0.05) is 43.5 Å². The molecule has 2 heterocycles. The highest BCUT2D eigenvalue weighted by molar-refractivity contribution is 7.89. The van der Waals surface area contributed by atoms with E-state index in [1.54, 1.807) is 43.4 Å². The molecule has 0 saturated heterocycles. The van der Waals surface area contributed by atoms with E-state index in [1.165, 1.54) is 16.7 Å². The van der Waals surface area contributed by atoms with Crippen LogP contribution < -0.4 is 4.74 Å². The molecule has 0 aliphatic carbocycles. The molecule has 10 heteroatoms. The minimum atomic E-state index is -3.96. The summed E-state index contributed by atoms with van der Waals surface area (Å²) in [4.78, 5) is 22.7. The molecule has 1 aliphatic rings. The molecule has 3 aromatic rings. The van der Waals surface area contributed by atoms with Crippen molar-refractivity contribution in [3.05, 3.63) is 72.8 Å². The van der Waals surface area contributed by atoms with Gasteiger partial charge in [0.1, 0.15) is 23.1 Å². The van der Waals surface area contributed by atoms with Crippen molar-refractivity contribution in [1.82, 2.24) is 19.2 Å². The van der Waals surface area contributed by atoms with E-state index in [2.05, 4.69) is 9.97 Å². The van der Waals surface area contributed by atoms with Crippen LogP contribution in [0.5, 0.6) is 5.75 Å². The first-order chi connectivity index (χ1) is 17.7. The van der Waals surface area contributed by atoms with Crippen LogP contribution >= 0.6 is 0 Å². The molecular formula is C27H32N4O5S. The van der Waals surface area contributed by atoms with Crippen LogP contribution in [0.1, 0.15) is 19.4 Å². The normalized spacial score (nSPS) is 20.1. The van der Waals surface area contributed by atoms with E-state index in [4.69, 9.17) is 4.74 Å². The van der Waals surface area contributed by atoms with Crippen molar-refractivity contribution in [2.75, 3.05) is 26.7 Å². The van der Waals surface area contributed by atoms with Gasteiger partial charge < -0.3 is 14.7 Å². The summed E-state index contributed by atoms with van der Waals surface area (Å²) in [5.41, 5.74) is 2.34. The Morgan fingerprint density at radius 1 is 1.16 bits per heavy atom. The van der Waals surface area contributed by atoms with Crippen LogP contribution in [0.15, 0.2) is 72.1 Å². The van der Waals surface area contributed by atoms with Gasteiger partial charge in [0.15, 0.2) is 0 Å². The minimum Gasteiger partial charge on any atom is -0.487 e. The average molecular weight is 525 g/mol. The van der Waals surface area contributed by atoms with Gasteiger partial charge in [0.25, 0.3) is 0 Å². The Balaban J connectivity index is 1.69. The number of hydrogen-bond acceptors (Lipinski definition) is 7. The van der Waals surface area contributed by atoms with E-state index in [9.17, 15) is 18.3 Å². The number of hydrogen-bond donors (Lipinski definition) is 1. The van der Waals surface area contributed by atoms with Crippen LogP contribution in [0.4, 0.5) is 0 Å². The Hall–Kier alpha value is -3.34. The zero-order valence-electron chi connectivity index (χ0n) is 21.2. The average Bonchev–Trinajstić information content (AvgIpc) is 2.91. The lowest BCUT2D eigenvalue weighted by atomic mass is 10.0. The molecule has 1 aliphatic heterocycles. The van der Waals surface area contributed by atoms with Crippen LogP contribution in [0.25, 0.3) is 11.1 Å². The lowest BCUT2D eigenvalue weighted by Gasteiger charge is -2.37. The number of sulfonamides is 1. The first kappa shape index (κ1) is 26.7. The van der Waals surface area contributed by atoms with E-state index >= 15 is 0 Å². The van der Waals surface area contributed by atoms with Crippen LogP contribution in [-0.2, 0) is 21.2 Å². The lowest BCUT2D eigenvalue weighted by molar-refractivity contribution is -0.130. The quantitative estimate of drug-likeness (QED) is 0.506. The number of aromatic nitrogens is 2. The third-order valence-electron chi connectivity index (χ3n) is 6.64. The standard InChI is InChI=1S/C27H32N4O5S/c1-19-15-31(20(2)17-32)37(34,35)26-10-9-22(23-13-28-18-29-14-23)12-24(26)36-25(19)16-30(3)27(33)11-21-7-5-4-6-8-21/h4-10,12-14,18-20,25,32H,11,15-17H2,1-3H3/t19-,20-,25+/m1/s1. The maximum atomic E-state index is 13.7. The molecule has 1 aromatic heterocycles. The van der Waals surface area contributed by atoms with Crippen molar-refractivity contribution >= 4 is 15.9 Å². The Morgan fingerprint density at radius 3 is 2.54 bits per heavy atom. The SMILES string of the molecule is C[C@@H]1CN([C@H](C)CO)S(=O)(=O)c2ccc(-c3cncnc3)cc2O[C@H]1CN(C)C(=O)Cc1ccccc1. The van der Waals surface area contributed by atoms with Crippen molar-refractivity contribution in [3.63, 3.8) is 0 Å². The van der Waals surface area contributed by atoms with E-state index in [-0.39, 0.29) is 48.6 Å². The third-order valence-corrected chi connectivity index (χ3v) is 8.66. The highest BCUT2D eigenvalue weighted by Gasteiger charge is 2.38. The number of aliphatic hydroxyl groups excluding tert-OH is 1. The molecule has 0 bridgehead atoms. The van der Waals surface area contributed by atoms with Gasteiger partial charge in [-0.05, 0) is 30.2 Å². The smallest absolute Gasteiger partial charge is 0.247 e. The number of fused-ring (bicyclic) bond motifs is 1. The second kappa shape index (κ2) is 11.4. The fourth-order valence-electron chi connectivity index (χ4n) is 4.35. The summed E-state index contributed by atoms with van der Waals surface area (Å²) >= 11 is 0. The van der Waals surface area contributed by atoms with Gasteiger partial charge >= 0.3 is 0 Å². The molecule has 0 fully saturated rings. The second-order valence-corrected chi connectivity index (χ2v) is 11.3. The number of aliphatic hydroxyl groups is 1. The first-order valence-corrected chi connectivity index (χ1v) is 13.6. The van der Waals surface area contributed by atoms with Gasteiger partial charge in [-0.2, -0.15) is 4.31 Å². The predicted octanol–water partition coefficient (Wildman–Crippen LogP) is 2.61. The molecule has 0 spiro atoms. The first-order valence-electron chi connectivity index (χ1n) is 12.2. The van der Waals surface area contributed by atoms with Crippen molar-refractivity contribution in [1.29, 1.82) is 0 Å².